The van der Waals surface area contributed by atoms with E-state index in [4.69, 9.17) is 16.6 Å². The molecule has 1 heterocycles. The van der Waals surface area contributed by atoms with Crippen LogP contribution in [-0.4, -0.2) is 18.8 Å². The maximum absolute atomic E-state index is 6.11. The summed E-state index contributed by atoms with van der Waals surface area (Å²) in [6, 6.07) is 10.4. The van der Waals surface area contributed by atoms with Crippen LogP contribution in [0.15, 0.2) is 35.3 Å². The van der Waals surface area contributed by atoms with Gasteiger partial charge in [-0.2, -0.15) is 0 Å². The Labute approximate surface area is 156 Å². The van der Waals surface area contributed by atoms with Crippen LogP contribution < -0.4 is 4.90 Å². The minimum Gasteiger partial charge on any atom is -0.369 e. The Morgan fingerprint density at radius 2 is 1.88 bits per heavy atom. The Morgan fingerprint density at radius 1 is 1.16 bits per heavy atom. The van der Waals surface area contributed by atoms with Gasteiger partial charge in [0.05, 0.1) is 5.69 Å². The molecular weight excluding hydrogens is 328 g/mol. The molecule has 1 atom stereocenters. The summed E-state index contributed by atoms with van der Waals surface area (Å²) >= 11 is 6.11. The second-order valence-corrected chi connectivity index (χ2v) is 8.37. The van der Waals surface area contributed by atoms with Crippen LogP contribution in [0.4, 0.5) is 11.4 Å². The maximum Gasteiger partial charge on any atom is 0.0673 e. The van der Waals surface area contributed by atoms with Crippen molar-refractivity contribution in [3.05, 3.63) is 57.6 Å². The van der Waals surface area contributed by atoms with Crippen molar-refractivity contribution in [3.8, 4) is 0 Å². The van der Waals surface area contributed by atoms with Gasteiger partial charge in [-0.15, -0.1) is 0 Å². The van der Waals surface area contributed by atoms with Crippen molar-refractivity contribution in [1.29, 1.82) is 0 Å². The van der Waals surface area contributed by atoms with Gasteiger partial charge in [-0.05, 0) is 86.6 Å². The lowest BCUT2D eigenvalue weighted by Crippen LogP contribution is -2.45. The van der Waals surface area contributed by atoms with Gasteiger partial charge >= 0.3 is 0 Å². The van der Waals surface area contributed by atoms with Gasteiger partial charge in [0.15, 0.2) is 0 Å². The smallest absolute Gasteiger partial charge is 0.0673 e. The van der Waals surface area contributed by atoms with Crippen LogP contribution >= 0.6 is 11.6 Å². The SMILES string of the molecule is Cc1cc2c(cc1C=Nc1cc(Cl)ccc1C)C(C)CC(C)(C)N2C. The third kappa shape index (κ3) is 3.46. The van der Waals surface area contributed by atoms with E-state index in [1.54, 1.807) is 0 Å². The molecule has 0 bridgehead atoms. The van der Waals surface area contributed by atoms with Gasteiger partial charge < -0.3 is 4.90 Å². The van der Waals surface area contributed by atoms with E-state index < -0.39 is 0 Å². The molecule has 1 aliphatic heterocycles. The van der Waals surface area contributed by atoms with Gasteiger partial charge in [0, 0.05) is 29.5 Å². The predicted molar refractivity (Wildman–Crippen MR) is 110 cm³/mol. The Kier molecular flexibility index (Phi) is 4.68. The normalized spacial score (nSPS) is 19.3. The van der Waals surface area contributed by atoms with E-state index in [1.807, 2.05) is 24.4 Å². The number of rotatable bonds is 2. The van der Waals surface area contributed by atoms with Crippen molar-refractivity contribution in [1.82, 2.24) is 0 Å². The Bertz CT molecular complexity index is 836. The first-order chi connectivity index (χ1) is 11.7. The molecule has 25 heavy (non-hydrogen) atoms. The zero-order valence-corrected chi connectivity index (χ0v) is 16.8. The molecule has 0 N–H and O–H groups in total. The molecule has 0 saturated heterocycles. The first-order valence-electron chi connectivity index (χ1n) is 8.87. The van der Waals surface area contributed by atoms with E-state index in [9.17, 15) is 0 Å². The van der Waals surface area contributed by atoms with E-state index in [0.717, 1.165) is 22.7 Å². The van der Waals surface area contributed by atoms with Crippen LogP contribution in [0.25, 0.3) is 0 Å². The molecule has 0 spiro atoms. The van der Waals surface area contributed by atoms with Crippen molar-refractivity contribution < 1.29 is 0 Å². The monoisotopic (exact) mass is 354 g/mol. The third-order valence-corrected chi connectivity index (χ3v) is 5.77. The van der Waals surface area contributed by atoms with Crippen molar-refractivity contribution >= 4 is 29.2 Å². The van der Waals surface area contributed by atoms with E-state index in [1.165, 1.54) is 22.4 Å². The molecule has 1 unspecified atom stereocenters. The molecule has 2 aromatic rings. The van der Waals surface area contributed by atoms with Crippen molar-refractivity contribution in [2.75, 3.05) is 11.9 Å². The molecule has 132 valence electrons. The second-order valence-electron chi connectivity index (χ2n) is 7.93. The summed E-state index contributed by atoms with van der Waals surface area (Å²) < 4.78 is 0. The molecule has 0 aromatic heterocycles. The fraction of sp³-hybridized carbons (Fsp3) is 0.409. The number of nitrogens with zero attached hydrogens (tertiary/aromatic N) is 2. The summed E-state index contributed by atoms with van der Waals surface area (Å²) in [5, 5.41) is 0.720. The quantitative estimate of drug-likeness (QED) is 0.567. The number of anilines is 1. The zero-order valence-electron chi connectivity index (χ0n) is 16.0. The lowest BCUT2D eigenvalue weighted by molar-refractivity contribution is 0.395. The van der Waals surface area contributed by atoms with Gasteiger partial charge in [-0.25, -0.2) is 0 Å². The number of hydrogen-bond acceptors (Lipinski definition) is 2. The lowest BCUT2D eigenvalue weighted by Gasteiger charge is -2.45. The number of benzene rings is 2. The molecule has 0 fully saturated rings. The molecule has 2 aromatic carbocycles. The fourth-order valence-corrected chi connectivity index (χ4v) is 3.90. The summed E-state index contributed by atoms with van der Waals surface area (Å²) in [7, 11) is 2.20. The molecule has 0 saturated carbocycles. The summed E-state index contributed by atoms with van der Waals surface area (Å²) in [6.07, 6.45) is 3.13. The van der Waals surface area contributed by atoms with Gasteiger partial charge in [-0.1, -0.05) is 24.6 Å². The Hall–Kier alpha value is -1.80. The Morgan fingerprint density at radius 3 is 2.60 bits per heavy atom. The Balaban J connectivity index is 2.01. The largest absolute Gasteiger partial charge is 0.369 e. The van der Waals surface area contributed by atoms with Gasteiger partial charge in [0.1, 0.15) is 0 Å². The van der Waals surface area contributed by atoms with Crippen molar-refractivity contribution in [3.63, 3.8) is 0 Å². The third-order valence-electron chi connectivity index (χ3n) is 5.54. The van der Waals surface area contributed by atoms with E-state index in [2.05, 4.69) is 58.7 Å². The van der Waals surface area contributed by atoms with Crippen LogP contribution in [0.1, 0.15) is 55.4 Å². The van der Waals surface area contributed by atoms with Crippen LogP contribution in [-0.2, 0) is 0 Å². The zero-order chi connectivity index (χ0) is 18.4. The average molecular weight is 355 g/mol. The molecule has 0 aliphatic carbocycles. The highest BCUT2D eigenvalue weighted by Gasteiger charge is 2.34. The molecular formula is C22H27ClN2. The molecule has 0 amide bonds. The number of aliphatic imine (C=N–C) groups is 1. The lowest BCUT2D eigenvalue weighted by atomic mass is 9.79. The summed E-state index contributed by atoms with van der Waals surface area (Å²) in [6.45, 7) is 11.2. The highest BCUT2D eigenvalue weighted by molar-refractivity contribution is 6.30. The summed E-state index contributed by atoms with van der Waals surface area (Å²) in [4.78, 5) is 7.11. The fourth-order valence-electron chi connectivity index (χ4n) is 3.73. The van der Waals surface area contributed by atoms with Crippen molar-refractivity contribution in [2.45, 2.75) is 52.5 Å². The summed E-state index contributed by atoms with van der Waals surface area (Å²) in [5.41, 5.74) is 7.43. The standard InChI is InChI=1S/C22H27ClN2/c1-14-7-8-18(23)11-20(14)24-13-17-10-19-16(3)12-22(4,5)25(6)21(19)9-15(17)2/h7-11,13,16H,12H2,1-6H3. The van der Waals surface area contributed by atoms with Gasteiger partial charge in [0.2, 0.25) is 0 Å². The number of aryl methyl sites for hydroxylation is 2. The van der Waals surface area contributed by atoms with Crippen LogP contribution in [0.3, 0.4) is 0 Å². The van der Waals surface area contributed by atoms with Gasteiger partial charge in [-0.3, -0.25) is 4.99 Å². The highest BCUT2D eigenvalue weighted by atomic mass is 35.5. The van der Waals surface area contributed by atoms with Crippen LogP contribution in [0.5, 0.6) is 0 Å². The number of halogens is 1. The van der Waals surface area contributed by atoms with E-state index in [-0.39, 0.29) is 5.54 Å². The van der Waals surface area contributed by atoms with E-state index >= 15 is 0 Å². The highest BCUT2D eigenvalue weighted by Crippen LogP contribution is 2.43. The van der Waals surface area contributed by atoms with Crippen molar-refractivity contribution in [2.24, 2.45) is 4.99 Å². The second kappa shape index (κ2) is 6.49. The molecule has 0 radical (unpaired) electrons. The van der Waals surface area contributed by atoms with Crippen LogP contribution in [0, 0.1) is 13.8 Å². The molecule has 3 rings (SSSR count). The maximum atomic E-state index is 6.11. The summed E-state index contributed by atoms with van der Waals surface area (Å²) in [5.74, 6) is 0.543. The van der Waals surface area contributed by atoms with Crippen LogP contribution in [0.2, 0.25) is 5.02 Å². The minimum absolute atomic E-state index is 0.187. The average Bonchev–Trinajstić information content (AvgIpc) is 2.54. The molecule has 3 heteroatoms. The molecule has 1 aliphatic rings. The first kappa shape index (κ1) is 18.0. The van der Waals surface area contributed by atoms with Gasteiger partial charge in [0.25, 0.3) is 0 Å². The topological polar surface area (TPSA) is 15.6 Å². The minimum atomic E-state index is 0.187. The number of fused-ring (bicyclic) bond motifs is 1. The first-order valence-corrected chi connectivity index (χ1v) is 9.25. The number of hydrogen-bond donors (Lipinski definition) is 0. The van der Waals surface area contributed by atoms with E-state index in [0.29, 0.717) is 5.92 Å². The predicted octanol–water partition coefficient (Wildman–Crippen LogP) is 6.43. The molecule has 2 nitrogen and oxygen atoms in total.